The molecule has 1 amide bonds. The lowest BCUT2D eigenvalue weighted by Gasteiger charge is -2.07. The maximum absolute atomic E-state index is 11.9. The van der Waals surface area contributed by atoms with Gasteiger partial charge in [0.2, 0.25) is 0 Å². The number of anilines is 1. The van der Waals surface area contributed by atoms with Crippen molar-refractivity contribution in [3.05, 3.63) is 53.9 Å². The summed E-state index contributed by atoms with van der Waals surface area (Å²) in [5.74, 6) is -0.693. The number of amides is 1. The van der Waals surface area contributed by atoms with E-state index in [1.165, 1.54) is 18.5 Å². The number of nitrogens with one attached hydrogen (secondary N) is 1. The van der Waals surface area contributed by atoms with E-state index in [9.17, 15) is 9.90 Å². The lowest BCUT2D eigenvalue weighted by atomic mass is 10.1. The minimum atomic E-state index is -0.488. The largest absolute Gasteiger partial charge is 0.505 e. The SMILES string of the molecule is N#Cc1ccccc1NC(=O)c1ccncc1O. The molecule has 0 aliphatic heterocycles. The Hall–Kier alpha value is -2.87. The highest BCUT2D eigenvalue weighted by molar-refractivity contribution is 6.06. The van der Waals surface area contributed by atoms with Gasteiger partial charge in [0.25, 0.3) is 5.91 Å². The molecule has 0 spiro atoms. The molecule has 0 saturated carbocycles. The van der Waals surface area contributed by atoms with Crippen LogP contribution in [0.15, 0.2) is 42.7 Å². The van der Waals surface area contributed by atoms with Crippen LogP contribution in [0.1, 0.15) is 15.9 Å². The Balaban J connectivity index is 2.28. The highest BCUT2D eigenvalue weighted by Gasteiger charge is 2.12. The van der Waals surface area contributed by atoms with E-state index in [1.54, 1.807) is 24.3 Å². The van der Waals surface area contributed by atoms with E-state index >= 15 is 0 Å². The summed E-state index contributed by atoms with van der Waals surface area (Å²) in [6.07, 6.45) is 2.59. The summed E-state index contributed by atoms with van der Waals surface area (Å²) in [5, 5.41) is 21.0. The average molecular weight is 239 g/mol. The molecule has 0 saturated heterocycles. The normalized spacial score (nSPS) is 9.50. The zero-order valence-electron chi connectivity index (χ0n) is 9.29. The third-order valence-electron chi connectivity index (χ3n) is 2.34. The summed E-state index contributed by atoms with van der Waals surface area (Å²) in [6, 6.07) is 10.0. The van der Waals surface area contributed by atoms with Crippen LogP contribution < -0.4 is 5.32 Å². The van der Waals surface area contributed by atoms with Gasteiger partial charge in [0, 0.05) is 6.20 Å². The van der Waals surface area contributed by atoms with Crippen LogP contribution in [0.5, 0.6) is 5.75 Å². The van der Waals surface area contributed by atoms with Gasteiger partial charge in [0.1, 0.15) is 11.8 Å². The van der Waals surface area contributed by atoms with Crippen molar-refractivity contribution in [1.82, 2.24) is 4.98 Å². The van der Waals surface area contributed by atoms with Crippen molar-refractivity contribution in [3.63, 3.8) is 0 Å². The molecule has 0 aliphatic carbocycles. The van der Waals surface area contributed by atoms with Gasteiger partial charge in [-0.05, 0) is 18.2 Å². The monoisotopic (exact) mass is 239 g/mol. The molecule has 88 valence electrons. The summed E-state index contributed by atoms with van der Waals surface area (Å²) in [5.41, 5.74) is 0.873. The third kappa shape index (κ3) is 2.28. The lowest BCUT2D eigenvalue weighted by Crippen LogP contribution is -2.13. The van der Waals surface area contributed by atoms with Crippen LogP contribution in [-0.4, -0.2) is 16.0 Å². The van der Waals surface area contributed by atoms with E-state index in [4.69, 9.17) is 5.26 Å². The number of carbonyl (C=O) groups is 1. The molecule has 0 bridgehead atoms. The van der Waals surface area contributed by atoms with Gasteiger partial charge >= 0.3 is 0 Å². The fourth-order valence-electron chi connectivity index (χ4n) is 1.46. The molecule has 0 aliphatic rings. The first-order valence-corrected chi connectivity index (χ1v) is 5.16. The van der Waals surface area contributed by atoms with Gasteiger partial charge in [-0.1, -0.05) is 12.1 Å². The summed E-state index contributed by atoms with van der Waals surface area (Å²) in [4.78, 5) is 15.6. The van der Waals surface area contributed by atoms with Gasteiger partial charge in [-0.3, -0.25) is 9.78 Å². The first-order valence-electron chi connectivity index (χ1n) is 5.16. The number of carbonyl (C=O) groups excluding carboxylic acids is 1. The second-order valence-electron chi connectivity index (χ2n) is 3.50. The molecule has 0 unspecified atom stereocenters. The Labute approximate surface area is 103 Å². The van der Waals surface area contributed by atoms with Crippen LogP contribution in [0.25, 0.3) is 0 Å². The Morgan fingerprint density at radius 1 is 1.33 bits per heavy atom. The molecule has 5 nitrogen and oxygen atoms in total. The molecular weight excluding hydrogens is 230 g/mol. The second-order valence-corrected chi connectivity index (χ2v) is 3.50. The fraction of sp³-hybridized carbons (Fsp3) is 0. The highest BCUT2D eigenvalue weighted by Crippen LogP contribution is 2.18. The molecule has 0 fully saturated rings. The van der Waals surface area contributed by atoms with Crippen molar-refractivity contribution in [2.24, 2.45) is 0 Å². The first kappa shape index (κ1) is 11.6. The predicted octanol–water partition coefficient (Wildman–Crippen LogP) is 1.91. The minimum Gasteiger partial charge on any atom is -0.505 e. The molecule has 2 rings (SSSR count). The number of para-hydroxylation sites is 1. The van der Waals surface area contributed by atoms with E-state index < -0.39 is 5.91 Å². The topological polar surface area (TPSA) is 86.0 Å². The van der Waals surface area contributed by atoms with E-state index in [-0.39, 0.29) is 11.3 Å². The number of hydrogen-bond acceptors (Lipinski definition) is 4. The number of nitrogens with zero attached hydrogens (tertiary/aromatic N) is 2. The van der Waals surface area contributed by atoms with Crippen molar-refractivity contribution in [1.29, 1.82) is 5.26 Å². The van der Waals surface area contributed by atoms with Crippen molar-refractivity contribution in [3.8, 4) is 11.8 Å². The standard InChI is InChI=1S/C13H9N3O2/c14-7-9-3-1-2-4-11(9)16-13(18)10-5-6-15-8-12(10)17/h1-6,8,17H,(H,16,18). The van der Waals surface area contributed by atoms with Crippen LogP contribution >= 0.6 is 0 Å². The first-order chi connectivity index (χ1) is 8.72. The molecule has 2 aromatic rings. The maximum atomic E-state index is 11.9. The summed E-state index contributed by atoms with van der Waals surface area (Å²) in [6.45, 7) is 0. The quantitative estimate of drug-likeness (QED) is 0.838. The number of pyridine rings is 1. The van der Waals surface area contributed by atoms with Crippen molar-refractivity contribution < 1.29 is 9.90 Å². The Morgan fingerprint density at radius 3 is 2.83 bits per heavy atom. The molecule has 5 heteroatoms. The Bertz CT molecular complexity index is 632. The smallest absolute Gasteiger partial charge is 0.259 e. The van der Waals surface area contributed by atoms with Gasteiger partial charge in [-0.15, -0.1) is 0 Å². The number of nitriles is 1. The van der Waals surface area contributed by atoms with Crippen LogP contribution in [-0.2, 0) is 0 Å². The van der Waals surface area contributed by atoms with E-state index in [0.29, 0.717) is 11.3 Å². The zero-order valence-corrected chi connectivity index (χ0v) is 9.29. The van der Waals surface area contributed by atoms with E-state index in [2.05, 4.69) is 10.3 Å². The Kier molecular flexibility index (Phi) is 3.21. The van der Waals surface area contributed by atoms with Crippen LogP contribution in [0, 0.1) is 11.3 Å². The fourth-order valence-corrected chi connectivity index (χ4v) is 1.46. The Morgan fingerprint density at radius 2 is 2.11 bits per heavy atom. The molecule has 0 radical (unpaired) electrons. The molecule has 1 aromatic heterocycles. The number of benzene rings is 1. The number of aromatic nitrogens is 1. The molecule has 2 N–H and O–H groups in total. The van der Waals surface area contributed by atoms with Crippen LogP contribution in [0.4, 0.5) is 5.69 Å². The molecule has 1 heterocycles. The predicted molar refractivity (Wildman–Crippen MR) is 65.0 cm³/mol. The van der Waals surface area contributed by atoms with Gasteiger partial charge in [-0.25, -0.2) is 0 Å². The number of rotatable bonds is 2. The van der Waals surface area contributed by atoms with Crippen molar-refractivity contribution in [2.45, 2.75) is 0 Å². The molecule has 18 heavy (non-hydrogen) atoms. The summed E-state index contributed by atoms with van der Waals surface area (Å²) < 4.78 is 0. The summed E-state index contributed by atoms with van der Waals surface area (Å²) >= 11 is 0. The second kappa shape index (κ2) is 4.97. The molecular formula is C13H9N3O2. The van der Waals surface area contributed by atoms with Crippen LogP contribution in [0.3, 0.4) is 0 Å². The number of hydrogen-bond donors (Lipinski definition) is 2. The molecule has 1 aromatic carbocycles. The average Bonchev–Trinajstić information content (AvgIpc) is 2.39. The number of aromatic hydroxyl groups is 1. The van der Waals surface area contributed by atoms with Gasteiger partial charge in [0.15, 0.2) is 0 Å². The van der Waals surface area contributed by atoms with Gasteiger partial charge in [0.05, 0.1) is 23.0 Å². The highest BCUT2D eigenvalue weighted by atomic mass is 16.3. The van der Waals surface area contributed by atoms with E-state index in [0.717, 1.165) is 0 Å². The molecule has 0 atom stereocenters. The van der Waals surface area contributed by atoms with Gasteiger partial charge in [-0.2, -0.15) is 5.26 Å². The summed E-state index contributed by atoms with van der Waals surface area (Å²) in [7, 11) is 0. The maximum Gasteiger partial charge on any atom is 0.259 e. The van der Waals surface area contributed by atoms with E-state index in [1.807, 2.05) is 6.07 Å². The third-order valence-corrected chi connectivity index (χ3v) is 2.34. The lowest BCUT2D eigenvalue weighted by molar-refractivity contribution is 0.102. The van der Waals surface area contributed by atoms with Crippen molar-refractivity contribution >= 4 is 11.6 Å². The van der Waals surface area contributed by atoms with Crippen LogP contribution in [0.2, 0.25) is 0 Å². The minimum absolute atomic E-state index is 0.109. The van der Waals surface area contributed by atoms with Gasteiger partial charge < -0.3 is 10.4 Å². The van der Waals surface area contributed by atoms with Crippen molar-refractivity contribution in [2.75, 3.05) is 5.32 Å². The zero-order chi connectivity index (χ0) is 13.0.